The minimum Gasteiger partial charge on any atom is -0.355 e. The number of carbonyl (C=O) groups excluding carboxylic acids is 1. The summed E-state index contributed by atoms with van der Waals surface area (Å²) in [4.78, 5) is 35.8. The summed E-state index contributed by atoms with van der Waals surface area (Å²) in [6.45, 7) is 2.05. The van der Waals surface area contributed by atoms with E-state index in [-0.39, 0.29) is 18.2 Å². The number of carbonyl (C=O) groups is 1. The van der Waals surface area contributed by atoms with E-state index in [1.807, 2.05) is 6.92 Å². The van der Waals surface area contributed by atoms with Gasteiger partial charge >= 0.3 is 5.69 Å². The van der Waals surface area contributed by atoms with Crippen LogP contribution in [0.5, 0.6) is 0 Å². The van der Waals surface area contributed by atoms with Crippen LogP contribution in [0, 0.1) is 11.3 Å². The van der Waals surface area contributed by atoms with Gasteiger partial charge < -0.3 is 5.32 Å². The molecule has 0 spiro atoms. The van der Waals surface area contributed by atoms with Gasteiger partial charge in [0.25, 0.3) is 5.56 Å². The predicted molar refractivity (Wildman–Crippen MR) is 71.2 cm³/mol. The van der Waals surface area contributed by atoms with Crippen LogP contribution >= 0.6 is 0 Å². The average molecular weight is 276 g/mol. The summed E-state index contributed by atoms with van der Waals surface area (Å²) in [5, 5.41) is 11.6. The molecule has 1 N–H and O–H groups in total. The Morgan fingerprint density at radius 2 is 2.20 bits per heavy atom. The van der Waals surface area contributed by atoms with E-state index in [0.717, 1.165) is 23.8 Å². The molecular weight excluding hydrogens is 260 g/mol. The van der Waals surface area contributed by atoms with Gasteiger partial charge in [0.1, 0.15) is 18.2 Å². The van der Waals surface area contributed by atoms with E-state index in [1.54, 1.807) is 6.07 Å². The molecule has 0 saturated heterocycles. The maximum Gasteiger partial charge on any atom is 0.331 e. The van der Waals surface area contributed by atoms with Crippen molar-refractivity contribution in [2.24, 2.45) is 0 Å². The molecular formula is C13H16N4O3. The summed E-state index contributed by atoms with van der Waals surface area (Å²) >= 11 is 0. The number of nitrogens with one attached hydrogen (secondary N) is 1. The van der Waals surface area contributed by atoms with Crippen LogP contribution in [0.25, 0.3) is 0 Å². The summed E-state index contributed by atoms with van der Waals surface area (Å²) in [5.41, 5.74) is -1.34. The van der Waals surface area contributed by atoms with E-state index in [1.165, 1.54) is 10.8 Å². The molecule has 2 rings (SSSR count). The van der Waals surface area contributed by atoms with Crippen molar-refractivity contribution in [3.05, 3.63) is 32.6 Å². The molecule has 0 atom stereocenters. The summed E-state index contributed by atoms with van der Waals surface area (Å²) in [7, 11) is 0. The standard InChI is InChI=1S/C13H16N4O3/c1-2-5-15-11(18)8-17-12(19)9(6-14)7-16(13(17)20)10-3-4-10/h7,10H,2-5,8H2,1H3,(H,15,18). The lowest BCUT2D eigenvalue weighted by Gasteiger charge is -2.10. The normalized spacial score (nSPS) is 13.8. The summed E-state index contributed by atoms with van der Waals surface area (Å²) < 4.78 is 2.22. The number of nitrogens with zero attached hydrogens (tertiary/aromatic N) is 3. The van der Waals surface area contributed by atoms with Crippen LogP contribution in [0.1, 0.15) is 37.8 Å². The highest BCUT2D eigenvalue weighted by molar-refractivity contribution is 5.75. The highest BCUT2D eigenvalue weighted by atomic mass is 16.2. The molecule has 106 valence electrons. The van der Waals surface area contributed by atoms with E-state index >= 15 is 0 Å². The minimum atomic E-state index is -0.707. The monoisotopic (exact) mass is 276 g/mol. The Morgan fingerprint density at radius 3 is 2.75 bits per heavy atom. The van der Waals surface area contributed by atoms with Crippen molar-refractivity contribution in [2.75, 3.05) is 6.54 Å². The van der Waals surface area contributed by atoms with Crippen molar-refractivity contribution >= 4 is 5.91 Å². The van der Waals surface area contributed by atoms with Crippen LogP contribution in [0.2, 0.25) is 0 Å². The van der Waals surface area contributed by atoms with Gasteiger partial charge in [0.05, 0.1) is 0 Å². The Morgan fingerprint density at radius 1 is 1.50 bits per heavy atom. The number of nitriles is 1. The lowest BCUT2D eigenvalue weighted by atomic mass is 10.3. The Hall–Kier alpha value is -2.36. The first-order valence-electron chi connectivity index (χ1n) is 6.61. The lowest BCUT2D eigenvalue weighted by Crippen LogP contribution is -2.44. The molecule has 0 aromatic carbocycles. The first-order chi connectivity index (χ1) is 9.58. The van der Waals surface area contributed by atoms with Crippen molar-refractivity contribution in [2.45, 2.75) is 38.8 Å². The molecule has 1 amide bonds. The molecule has 1 fully saturated rings. The van der Waals surface area contributed by atoms with Gasteiger partial charge in [-0.3, -0.25) is 14.2 Å². The third-order valence-corrected chi connectivity index (χ3v) is 3.13. The third kappa shape index (κ3) is 2.79. The first kappa shape index (κ1) is 14.1. The third-order valence-electron chi connectivity index (χ3n) is 3.13. The van der Waals surface area contributed by atoms with Crippen LogP contribution in [-0.2, 0) is 11.3 Å². The number of aromatic nitrogens is 2. The molecule has 1 heterocycles. The summed E-state index contributed by atoms with van der Waals surface area (Å²) in [5.74, 6) is -0.400. The topological polar surface area (TPSA) is 96.9 Å². The van der Waals surface area contributed by atoms with E-state index in [4.69, 9.17) is 5.26 Å². The van der Waals surface area contributed by atoms with Gasteiger partial charge in [-0.2, -0.15) is 5.26 Å². The zero-order valence-corrected chi connectivity index (χ0v) is 11.3. The van der Waals surface area contributed by atoms with Gasteiger partial charge in [0.15, 0.2) is 0 Å². The molecule has 7 nitrogen and oxygen atoms in total. The maximum atomic E-state index is 12.2. The number of hydrogen-bond acceptors (Lipinski definition) is 4. The average Bonchev–Trinajstić information content (AvgIpc) is 3.26. The van der Waals surface area contributed by atoms with Gasteiger partial charge in [-0.1, -0.05) is 6.92 Å². The van der Waals surface area contributed by atoms with Crippen molar-refractivity contribution in [1.29, 1.82) is 5.26 Å². The van der Waals surface area contributed by atoms with Crippen LogP contribution in [0.3, 0.4) is 0 Å². The molecule has 0 unspecified atom stereocenters. The van der Waals surface area contributed by atoms with Gasteiger partial charge in [-0.15, -0.1) is 0 Å². The van der Waals surface area contributed by atoms with Crippen molar-refractivity contribution in [1.82, 2.24) is 14.5 Å². The fourth-order valence-corrected chi connectivity index (χ4v) is 1.92. The fourth-order valence-electron chi connectivity index (χ4n) is 1.92. The zero-order valence-electron chi connectivity index (χ0n) is 11.3. The second kappa shape index (κ2) is 5.74. The second-order valence-corrected chi connectivity index (χ2v) is 4.82. The predicted octanol–water partition coefficient (Wildman–Crippen LogP) is -0.257. The maximum absolute atomic E-state index is 12.2. The van der Waals surface area contributed by atoms with E-state index in [2.05, 4.69) is 5.32 Å². The Bertz CT molecular complexity index is 676. The van der Waals surface area contributed by atoms with Crippen molar-refractivity contribution < 1.29 is 4.79 Å². The number of rotatable bonds is 5. The molecule has 1 aliphatic carbocycles. The van der Waals surface area contributed by atoms with Crippen LogP contribution in [-0.4, -0.2) is 21.6 Å². The molecule has 0 aliphatic heterocycles. The smallest absolute Gasteiger partial charge is 0.331 e. The number of hydrogen-bond donors (Lipinski definition) is 1. The molecule has 0 bridgehead atoms. The largest absolute Gasteiger partial charge is 0.355 e. The molecule has 20 heavy (non-hydrogen) atoms. The highest BCUT2D eigenvalue weighted by Crippen LogP contribution is 2.33. The van der Waals surface area contributed by atoms with E-state index < -0.39 is 17.2 Å². The number of amides is 1. The molecule has 7 heteroatoms. The SMILES string of the molecule is CCCNC(=O)Cn1c(=O)c(C#N)cn(C2CC2)c1=O. The molecule has 1 aromatic rings. The van der Waals surface area contributed by atoms with Gasteiger partial charge in [0, 0.05) is 18.8 Å². The Labute approximate surface area is 115 Å². The first-order valence-corrected chi connectivity index (χ1v) is 6.61. The minimum absolute atomic E-state index is 0.0418. The Kier molecular flexibility index (Phi) is 4.03. The van der Waals surface area contributed by atoms with Crippen molar-refractivity contribution in [3.63, 3.8) is 0 Å². The van der Waals surface area contributed by atoms with Gasteiger partial charge in [-0.25, -0.2) is 9.36 Å². The quantitative estimate of drug-likeness (QED) is 0.801. The zero-order chi connectivity index (χ0) is 14.7. The second-order valence-electron chi connectivity index (χ2n) is 4.82. The van der Waals surface area contributed by atoms with Gasteiger partial charge in [0.2, 0.25) is 5.91 Å². The van der Waals surface area contributed by atoms with E-state index in [0.29, 0.717) is 6.54 Å². The summed E-state index contributed by atoms with van der Waals surface area (Å²) in [6.07, 6.45) is 3.77. The molecule has 0 radical (unpaired) electrons. The van der Waals surface area contributed by atoms with Crippen LogP contribution in [0.4, 0.5) is 0 Å². The van der Waals surface area contributed by atoms with Crippen LogP contribution in [0.15, 0.2) is 15.8 Å². The molecule has 1 saturated carbocycles. The molecule has 1 aromatic heterocycles. The van der Waals surface area contributed by atoms with E-state index in [9.17, 15) is 14.4 Å². The van der Waals surface area contributed by atoms with Gasteiger partial charge in [-0.05, 0) is 19.3 Å². The summed E-state index contributed by atoms with van der Waals surface area (Å²) in [6, 6.07) is 1.82. The highest BCUT2D eigenvalue weighted by Gasteiger charge is 2.27. The molecule has 1 aliphatic rings. The van der Waals surface area contributed by atoms with Crippen LogP contribution < -0.4 is 16.6 Å². The Balaban J connectivity index is 2.38. The fraction of sp³-hybridized carbons (Fsp3) is 0.538. The van der Waals surface area contributed by atoms with Crippen molar-refractivity contribution in [3.8, 4) is 6.07 Å². The lowest BCUT2D eigenvalue weighted by molar-refractivity contribution is -0.121.